The number of nitrogens with zero attached hydrogens (tertiary/aromatic N) is 2. The van der Waals surface area contributed by atoms with Gasteiger partial charge < -0.3 is 10.3 Å². The second kappa shape index (κ2) is 4.25. The van der Waals surface area contributed by atoms with E-state index in [9.17, 15) is 0 Å². The van der Waals surface area contributed by atoms with Crippen molar-refractivity contribution in [2.75, 3.05) is 5.73 Å². The molecule has 1 saturated carbocycles. The van der Waals surface area contributed by atoms with E-state index in [1.807, 2.05) is 0 Å². The van der Waals surface area contributed by atoms with Gasteiger partial charge in [0.25, 0.3) is 0 Å². The third kappa shape index (κ3) is 2.01. The van der Waals surface area contributed by atoms with Crippen molar-refractivity contribution in [2.45, 2.75) is 58.4 Å². The van der Waals surface area contributed by atoms with Crippen molar-refractivity contribution in [3.8, 4) is 0 Å². The van der Waals surface area contributed by atoms with Crippen LogP contribution in [0.5, 0.6) is 0 Å². The van der Waals surface area contributed by atoms with Crippen LogP contribution in [0.25, 0.3) is 0 Å². The minimum Gasteiger partial charge on any atom is -0.384 e. The first-order valence-corrected chi connectivity index (χ1v) is 6.12. The summed E-state index contributed by atoms with van der Waals surface area (Å²) in [7, 11) is 0. The van der Waals surface area contributed by atoms with E-state index in [2.05, 4.69) is 18.4 Å². The number of aryl methyl sites for hydroxylation is 1. The van der Waals surface area contributed by atoms with Gasteiger partial charge in [0, 0.05) is 12.5 Å². The summed E-state index contributed by atoms with van der Waals surface area (Å²) in [6.45, 7) is 5.30. The summed E-state index contributed by atoms with van der Waals surface area (Å²) in [4.78, 5) is 4.72. The van der Waals surface area contributed by atoms with Crippen LogP contribution >= 0.6 is 0 Å². The molecule has 0 spiro atoms. The molecule has 1 aromatic heterocycles. The third-order valence-corrected chi connectivity index (χ3v) is 3.14. The molecule has 2 rings (SSSR count). The van der Waals surface area contributed by atoms with Gasteiger partial charge in [0.1, 0.15) is 11.6 Å². The second-order valence-corrected chi connectivity index (χ2v) is 4.42. The van der Waals surface area contributed by atoms with Gasteiger partial charge in [0.15, 0.2) is 0 Å². The zero-order valence-electron chi connectivity index (χ0n) is 9.79. The monoisotopic (exact) mass is 207 g/mol. The molecule has 0 unspecified atom stereocenters. The molecule has 0 atom stereocenters. The SMILES string of the molecule is CCCCc1nc(C2CC2)n(CC)c1N. The normalized spacial score (nSPS) is 15.9. The Morgan fingerprint density at radius 3 is 2.67 bits per heavy atom. The van der Waals surface area contributed by atoms with Crippen LogP contribution < -0.4 is 5.73 Å². The third-order valence-electron chi connectivity index (χ3n) is 3.14. The van der Waals surface area contributed by atoms with Crippen LogP contribution in [0.4, 0.5) is 5.82 Å². The average Bonchev–Trinajstić information content (AvgIpc) is 3.02. The summed E-state index contributed by atoms with van der Waals surface area (Å²) in [5.74, 6) is 2.84. The van der Waals surface area contributed by atoms with Crippen LogP contribution in [0.1, 0.15) is 57.0 Å². The molecule has 1 aromatic rings. The number of aromatic nitrogens is 2. The zero-order chi connectivity index (χ0) is 10.8. The predicted molar refractivity (Wildman–Crippen MR) is 62.9 cm³/mol. The van der Waals surface area contributed by atoms with Gasteiger partial charge in [0.05, 0.1) is 5.69 Å². The number of nitrogens with two attached hydrogens (primary N) is 1. The fourth-order valence-corrected chi connectivity index (χ4v) is 2.05. The fourth-order valence-electron chi connectivity index (χ4n) is 2.05. The van der Waals surface area contributed by atoms with Crippen molar-refractivity contribution in [3.05, 3.63) is 11.5 Å². The van der Waals surface area contributed by atoms with Crippen LogP contribution in [-0.4, -0.2) is 9.55 Å². The highest BCUT2D eigenvalue weighted by Crippen LogP contribution is 2.40. The standard InChI is InChI=1S/C12H21N3/c1-3-5-6-10-11(13)15(4-2)12(14-10)9-7-8-9/h9H,3-8,13H2,1-2H3. The topological polar surface area (TPSA) is 43.8 Å². The van der Waals surface area contributed by atoms with Gasteiger partial charge in [-0.25, -0.2) is 4.98 Å². The number of unbranched alkanes of at least 4 members (excludes halogenated alkanes) is 1. The Bertz CT molecular complexity index is 337. The largest absolute Gasteiger partial charge is 0.384 e. The molecule has 0 aromatic carbocycles. The summed E-state index contributed by atoms with van der Waals surface area (Å²) in [5, 5.41) is 0. The molecule has 1 aliphatic rings. The first-order valence-electron chi connectivity index (χ1n) is 6.12. The predicted octanol–water partition coefficient (Wildman–Crippen LogP) is 2.71. The van der Waals surface area contributed by atoms with E-state index in [-0.39, 0.29) is 0 Å². The molecule has 3 heteroatoms. The molecular weight excluding hydrogens is 186 g/mol. The minimum atomic E-state index is 0.697. The van der Waals surface area contributed by atoms with Gasteiger partial charge in [-0.2, -0.15) is 0 Å². The Hall–Kier alpha value is -0.990. The molecule has 0 radical (unpaired) electrons. The van der Waals surface area contributed by atoms with Crippen LogP contribution in [-0.2, 0) is 13.0 Å². The highest BCUT2D eigenvalue weighted by molar-refractivity contribution is 5.39. The van der Waals surface area contributed by atoms with Gasteiger partial charge >= 0.3 is 0 Å². The lowest BCUT2D eigenvalue weighted by Gasteiger charge is -2.04. The maximum atomic E-state index is 6.12. The zero-order valence-corrected chi connectivity index (χ0v) is 9.79. The molecule has 84 valence electrons. The maximum Gasteiger partial charge on any atom is 0.126 e. The van der Waals surface area contributed by atoms with Gasteiger partial charge in [-0.3, -0.25) is 0 Å². The molecule has 1 aliphatic carbocycles. The van der Waals surface area contributed by atoms with Crippen LogP contribution in [0.15, 0.2) is 0 Å². The molecule has 0 aliphatic heterocycles. The molecule has 3 nitrogen and oxygen atoms in total. The highest BCUT2D eigenvalue weighted by Gasteiger charge is 2.29. The Morgan fingerprint density at radius 2 is 2.13 bits per heavy atom. The van der Waals surface area contributed by atoms with E-state index in [1.165, 1.54) is 31.5 Å². The van der Waals surface area contributed by atoms with Crippen molar-refractivity contribution in [2.24, 2.45) is 0 Å². The molecule has 2 N–H and O–H groups in total. The summed E-state index contributed by atoms with van der Waals surface area (Å²) >= 11 is 0. The Balaban J connectivity index is 2.23. The molecule has 1 fully saturated rings. The first-order chi connectivity index (χ1) is 7.27. The van der Waals surface area contributed by atoms with Crippen molar-refractivity contribution >= 4 is 5.82 Å². The van der Waals surface area contributed by atoms with Crippen LogP contribution in [0, 0.1) is 0 Å². The van der Waals surface area contributed by atoms with E-state index >= 15 is 0 Å². The Kier molecular flexibility index (Phi) is 2.98. The fraction of sp³-hybridized carbons (Fsp3) is 0.750. The molecule has 0 amide bonds. The lowest BCUT2D eigenvalue weighted by atomic mass is 10.2. The van der Waals surface area contributed by atoms with Crippen molar-refractivity contribution in [1.29, 1.82) is 0 Å². The average molecular weight is 207 g/mol. The Morgan fingerprint density at radius 1 is 1.40 bits per heavy atom. The van der Waals surface area contributed by atoms with Gasteiger partial charge in [-0.1, -0.05) is 13.3 Å². The molecule has 1 heterocycles. The lowest BCUT2D eigenvalue weighted by Crippen LogP contribution is -2.04. The van der Waals surface area contributed by atoms with Crippen molar-refractivity contribution in [3.63, 3.8) is 0 Å². The molecule has 15 heavy (non-hydrogen) atoms. The summed E-state index contributed by atoms with van der Waals surface area (Å²) in [5.41, 5.74) is 7.25. The second-order valence-electron chi connectivity index (χ2n) is 4.42. The van der Waals surface area contributed by atoms with Gasteiger partial charge in [-0.05, 0) is 32.6 Å². The van der Waals surface area contributed by atoms with E-state index in [0.29, 0.717) is 5.92 Å². The van der Waals surface area contributed by atoms with E-state index in [1.54, 1.807) is 0 Å². The van der Waals surface area contributed by atoms with Crippen molar-refractivity contribution in [1.82, 2.24) is 9.55 Å². The molecule has 0 saturated heterocycles. The number of nitrogen functional groups attached to an aromatic ring is 1. The first kappa shape index (κ1) is 10.5. The minimum absolute atomic E-state index is 0.697. The summed E-state index contributed by atoms with van der Waals surface area (Å²) < 4.78 is 2.20. The molecular formula is C12H21N3. The van der Waals surface area contributed by atoms with Crippen LogP contribution in [0.3, 0.4) is 0 Å². The number of rotatable bonds is 5. The Labute approximate surface area is 91.7 Å². The van der Waals surface area contributed by atoms with Gasteiger partial charge in [0.2, 0.25) is 0 Å². The smallest absolute Gasteiger partial charge is 0.126 e. The quantitative estimate of drug-likeness (QED) is 0.806. The number of hydrogen-bond acceptors (Lipinski definition) is 2. The van der Waals surface area contributed by atoms with E-state index < -0.39 is 0 Å². The van der Waals surface area contributed by atoms with Crippen LogP contribution in [0.2, 0.25) is 0 Å². The van der Waals surface area contributed by atoms with Crippen molar-refractivity contribution < 1.29 is 0 Å². The van der Waals surface area contributed by atoms with E-state index in [0.717, 1.165) is 24.5 Å². The van der Waals surface area contributed by atoms with Gasteiger partial charge in [-0.15, -0.1) is 0 Å². The highest BCUT2D eigenvalue weighted by atomic mass is 15.1. The maximum absolute atomic E-state index is 6.12. The number of imidazole rings is 1. The van der Waals surface area contributed by atoms with E-state index in [4.69, 9.17) is 10.7 Å². The molecule has 0 bridgehead atoms. The number of hydrogen-bond donors (Lipinski definition) is 1. The summed E-state index contributed by atoms with van der Waals surface area (Å²) in [6, 6.07) is 0. The lowest BCUT2D eigenvalue weighted by molar-refractivity contribution is 0.708. The number of anilines is 1. The summed E-state index contributed by atoms with van der Waals surface area (Å²) in [6.07, 6.45) is 6.02.